The van der Waals surface area contributed by atoms with Gasteiger partial charge in [0.05, 0.1) is 0 Å². The SMILES string of the molecule is CN(C)c1ncc(/C=C/c2nc3ccc(OCC[18F])cc3o2)s1. The van der Waals surface area contributed by atoms with Crippen molar-refractivity contribution in [3.8, 4) is 5.75 Å². The van der Waals surface area contributed by atoms with Crippen LogP contribution in [0.15, 0.2) is 28.8 Å². The Morgan fingerprint density at radius 2 is 2.22 bits per heavy atom. The van der Waals surface area contributed by atoms with Gasteiger partial charge < -0.3 is 14.1 Å². The highest BCUT2D eigenvalue weighted by molar-refractivity contribution is 7.16. The molecule has 0 bridgehead atoms. The van der Waals surface area contributed by atoms with Crippen LogP contribution in [0.2, 0.25) is 0 Å². The minimum atomic E-state index is -0.522. The van der Waals surface area contributed by atoms with E-state index < -0.39 is 6.67 Å². The van der Waals surface area contributed by atoms with E-state index in [1.807, 2.05) is 31.3 Å². The molecule has 0 unspecified atom stereocenters. The van der Waals surface area contributed by atoms with Gasteiger partial charge in [0, 0.05) is 37.3 Å². The zero-order valence-corrected chi connectivity index (χ0v) is 13.6. The van der Waals surface area contributed by atoms with Gasteiger partial charge in [-0.1, -0.05) is 11.3 Å². The topological polar surface area (TPSA) is 51.4 Å². The molecule has 3 rings (SSSR count). The second kappa shape index (κ2) is 6.78. The van der Waals surface area contributed by atoms with Crippen LogP contribution in [0.3, 0.4) is 0 Å². The van der Waals surface area contributed by atoms with Gasteiger partial charge in [-0.25, -0.2) is 14.4 Å². The smallest absolute Gasteiger partial charge is 0.220 e. The lowest BCUT2D eigenvalue weighted by Crippen LogP contribution is -2.07. The second-order valence-corrected chi connectivity index (χ2v) is 6.03. The third-order valence-electron chi connectivity index (χ3n) is 3.01. The molecule has 0 aliphatic carbocycles. The molecule has 0 spiro atoms. The fourth-order valence-corrected chi connectivity index (χ4v) is 2.69. The number of fused-ring (bicyclic) bond motifs is 1. The Balaban J connectivity index is 1.78. The van der Waals surface area contributed by atoms with Gasteiger partial charge in [0.15, 0.2) is 10.7 Å². The predicted octanol–water partition coefficient (Wildman–Crippen LogP) is 3.87. The van der Waals surface area contributed by atoms with Gasteiger partial charge in [-0.3, -0.25) is 0 Å². The van der Waals surface area contributed by atoms with Gasteiger partial charge in [0.2, 0.25) is 5.89 Å². The van der Waals surface area contributed by atoms with Gasteiger partial charge >= 0.3 is 0 Å². The number of hydrogen-bond donors (Lipinski definition) is 0. The maximum atomic E-state index is 12.1. The molecule has 3 aromatic rings. The molecule has 0 saturated carbocycles. The van der Waals surface area contributed by atoms with E-state index in [0.29, 0.717) is 17.2 Å². The van der Waals surface area contributed by atoms with E-state index in [0.717, 1.165) is 15.5 Å². The van der Waals surface area contributed by atoms with Crippen LogP contribution in [0.25, 0.3) is 23.3 Å². The Labute approximate surface area is 137 Å². The monoisotopic (exact) mass is 332 g/mol. The third-order valence-corrected chi connectivity index (χ3v) is 4.14. The fraction of sp³-hybridized carbons (Fsp3) is 0.250. The Hall–Kier alpha value is -2.41. The maximum absolute atomic E-state index is 12.1. The van der Waals surface area contributed by atoms with Crippen molar-refractivity contribution in [2.75, 3.05) is 32.3 Å². The molecule has 0 radical (unpaired) electrons. The summed E-state index contributed by atoms with van der Waals surface area (Å²) in [6.07, 6.45) is 5.52. The van der Waals surface area contributed by atoms with Crippen molar-refractivity contribution in [2.45, 2.75) is 0 Å². The van der Waals surface area contributed by atoms with Gasteiger partial charge in [-0.15, -0.1) is 0 Å². The van der Waals surface area contributed by atoms with E-state index in [4.69, 9.17) is 9.15 Å². The highest BCUT2D eigenvalue weighted by Gasteiger charge is 2.06. The summed E-state index contributed by atoms with van der Waals surface area (Å²) >= 11 is 1.58. The molecule has 120 valence electrons. The van der Waals surface area contributed by atoms with Crippen molar-refractivity contribution < 1.29 is 13.5 Å². The van der Waals surface area contributed by atoms with Gasteiger partial charge in [-0.05, 0) is 18.2 Å². The summed E-state index contributed by atoms with van der Waals surface area (Å²) in [4.78, 5) is 11.7. The zero-order valence-electron chi connectivity index (χ0n) is 12.8. The van der Waals surface area contributed by atoms with Crippen LogP contribution in [-0.2, 0) is 0 Å². The number of anilines is 1. The molecule has 5 nitrogen and oxygen atoms in total. The van der Waals surface area contributed by atoms with Crippen molar-refractivity contribution in [2.24, 2.45) is 0 Å². The van der Waals surface area contributed by atoms with E-state index in [1.165, 1.54) is 0 Å². The van der Waals surface area contributed by atoms with Crippen LogP contribution in [0.5, 0.6) is 5.75 Å². The first-order valence-electron chi connectivity index (χ1n) is 7.06. The largest absolute Gasteiger partial charge is 0.491 e. The Bertz CT molecular complexity index is 826. The Kier molecular flexibility index (Phi) is 4.57. The minimum Gasteiger partial charge on any atom is -0.491 e. The van der Waals surface area contributed by atoms with Crippen LogP contribution in [0.4, 0.5) is 9.52 Å². The summed E-state index contributed by atoms with van der Waals surface area (Å²) in [5, 5.41) is 0.942. The number of aromatic nitrogens is 2. The minimum absolute atomic E-state index is 0.0337. The standard InChI is InChI=1S/C16H16FN3O2S/c1-20(2)16-18-10-12(23-16)4-6-15-19-13-5-3-11(21-8-7-17)9-14(13)22-15/h3-6,9-10H,7-8H2,1-2H3/b6-4+/i17-1. The van der Waals surface area contributed by atoms with Crippen LogP contribution in [0.1, 0.15) is 10.8 Å². The number of thiazole rings is 1. The van der Waals surface area contributed by atoms with E-state index in [2.05, 4.69) is 9.97 Å². The van der Waals surface area contributed by atoms with Crippen molar-refractivity contribution in [3.63, 3.8) is 0 Å². The zero-order chi connectivity index (χ0) is 16.2. The lowest BCUT2D eigenvalue weighted by Gasteiger charge is -2.04. The molecule has 0 atom stereocenters. The highest BCUT2D eigenvalue weighted by atomic mass is 32.1. The van der Waals surface area contributed by atoms with Crippen molar-refractivity contribution in [1.29, 1.82) is 0 Å². The molecule has 23 heavy (non-hydrogen) atoms. The maximum Gasteiger partial charge on any atom is 0.220 e. The molecule has 0 saturated heterocycles. The summed E-state index contributed by atoms with van der Waals surface area (Å²) in [6, 6.07) is 5.26. The van der Waals surface area contributed by atoms with Crippen LogP contribution < -0.4 is 9.64 Å². The molecule has 0 aliphatic heterocycles. The third kappa shape index (κ3) is 3.68. The van der Waals surface area contributed by atoms with Gasteiger partial charge in [0.25, 0.3) is 0 Å². The first-order chi connectivity index (χ1) is 11.2. The van der Waals surface area contributed by atoms with E-state index in [1.54, 1.807) is 35.6 Å². The number of rotatable bonds is 6. The van der Waals surface area contributed by atoms with E-state index >= 15 is 0 Å². The Morgan fingerprint density at radius 1 is 1.35 bits per heavy atom. The molecule has 0 N–H and O–H groups in total. The number of ether oxygens (including phenoxy) is 1. The molecule has 7 heteroatoms. The summed E-state index contributed by atoms with van der Waals surface area (Å²) in [5.41, 5.74) is 1.34. The molecular formula is C16H16FN3O2S. The van der Waals surface area contributed by atoms with Gasteiger partial charge in [-0.2, -0.15) is 0 Å². The number of halogens is 1. The van der Waals surface area contributed by atoms with Crippen molar-refractivity contribution in [3.05, 3.63) is 35.2 Å². The Morgan fingerprint density at radius 3 is 2.96 bits per heavy atom. The van der Waals surface area contributed by atoms with Crippen LogP contribution in [0, 0.1) is 0 Å². The number of alkyl halides is 1. The fourth-order valence-electron chi connectivity index (χ4n) is 1.95. The summed E-state index contributed by atoms with van der Waals surface area (Å²) in [6.45, 7) is -0.488. The quantitative estimate of drug-likeness (QED) is 0.686. The lowest BCUT2D eigenvalue weighted by atomic mass is 10.3. The van der Waals surface area contributed by atoms with Gasteiger partial charge in [0.1, 0.15) is 24.5 Å². The molecule has 1 aromatic carbocycles. The average Bonchev–Trinajstić information content (AvgIpc) is 3.16. The first kappa shape index (κ1) is 15.5. The molecule has 0 aliphatic rings. The molecule has 0 amide bonds. The number of oxazole rings is 1. The van der Waals surface area contributed by atoms with Crippen molar-refractivity contribution >= 4 is 39.7 Å². The van der Waals surface area contributed by atoms with Crippen LogP contribution in [-0.4, -0.2) is 37.3 Å². The predicted molar refractivity (Wildman–Crippen MR) is 90.8 cm³/mol. The van der Waals surface area contributed by atoms with Crippen LogP contribution >= 0.6 is 11.3 Å². The van der Waals surface area contributed by atoms with E-state index in [-0.39, 0.29) is 6.61 Å². The molecule has 2 aromatic heterocycles. The van der Waals surface area contributed by atoms with E-state index in [9.17, 15) is 4.39 Å². The normalized spacial score (nSPS) is 11.4. The number of hydrogen-bond acceptors (Lipinski definition) is 6. The van der Waals surface area contributed by atoms with Crippen molar-refractivity contribution in [1.82, 2.24) is 9.97 Å². The highest BCUT2D eigenvalue weighted by Crippen LogP contribution is 2.25. The summed E-state index contributed by atoms with van der Waals surface area (Å²) in [5.74, 6) is 1.07. The number of benzene rings is 1. The summed E-state index contributed by atoms with van der Waals surface area (Å²) in [7, 11) is 3.91. The number of nitrogens with zero attached hydrogens (tertiary/aromatic N) is 3. The first-order valence-corrected chi connectivity index (χ1v) is 7.88. The summed E-state index contributed by atoms with van der Waals surface area (Å²) < 4.78 is 23.0. The molecular weight excluding hydrogens is 316 g/mol. The molecule has 0 fully saturated rings. The molecule has 2 heterocycles. The lowest BCUT2D eigenvalue weighted by molar-refractivity contribution is 0.273. The average molecular weight is 332 g/mol. The second-order valence-electron chi connectivity index (χ2n) is 4.99.